The van der Waals surface area contributed by atoms with Crippen molar-refractivity contribution in [2.45, 2.75) is 20.0 Å². The molecule has 0 aromatic carbocycles. The van der Waals surface area contributed by atoms with E-state index in [4.69, 9.17) is 10.5 Å². The Kier molecular flexibility index (Phi) is 5.93. The molecule has 0 saturated carbocycles. The Hall–Kier alpha value is -0.440. The maximum absolute atomic E-state index is 11.1. The van der Waals surface area contributed by atoms with Gasteiger partial charge in [0.1, 0.15) is 0 Å². The summed E-state index contributed by atoms with van der Waals surface area (Å²) in [6, 6.07) is 0. The van der Waals surface area contributed by atoms with Crippen molar-refractivity contribution in [3.8, 4) is 0 Å². The van der Waals surface area contributed by atoms with Crippen LogP contribution in [-0.4, -0.2) is 32.0 Å². The highest BCUT2D eigenvalue weighted by molar-refractivity contribution is 7.89. The summed E-state index contributed by atoms with van der Waals surface area (Å²) < 4.78 is 27.4. The zero-order valence-electron chi connectivity index (χ0n) is 8.11. The predicted molar refractivity (Wildman–Crippen MR) is 57.9 cm³/mol. The molecule has 0 radical (unpaired) electrons. The average Bonchev–Trinajstić information content (AvgIpc) is 2.00. The Labute approximate surface area is 89.2 Å². The summed E-state index contributed by atoms with van der Waals surface area (Å²) in [5.74, 6) is -0.138. The van der Waals surface area contributed by atoms with Crippen LogP contribution in [-0.2, 0) is 14.8 Å². The Morgan fingerprint density at radius 1 is 1.57 bits per heavy atom. The van der Waals surface area contributed by atoms with Gasteiger partial charge in [0.2, 0.25) is 10.0 Å². The zero-order chi connectivity index (χ0) is 11.2. The van der Waals surface area contributed by atoms with Gasteiger partial charge in [-0.25, -0.2) is 8.42 Å². The zero-order valence-corrected chi connectivity index (χ0v) is 9.74. The van der Waals surface area contributed by atoms with Gasteiger partial charge >= 0.3 is 0 Å². The Morgan fingerprint density at radius 3 is 2.57 bits per heavy atom. The van der Waals surface area contributed by atoms with E-state index in [0.29, 0.717) is 0 Å². The largest absolute Gasteiger partial charge is 0.378 e. The third-order valence-electron chi connectivity index (χ3n) is 1.13. The van der Waals surface area contributed by atoms with Crippen LogP contribution >= 0.6 is 12.2 Å². The van der Waals surface area contributed by atoms with Gasteiger partial charge in [-0.1, -0.05) is 0 Å². The third-order valence-corrected chi connectivity index (χ3v) is 2.35. The fourth-order valence-corrected chi connectivity index (χ4v) is 1.37. The molecule has 0 spiro atoms. The van der Waals surface area contributed by atoms with Crippen molar-refractivity contribution in [3.63, 3.8) is 0 Å². The number of hydrogen-bond acceptors (Lipinski definition) is 4. The molecule has 14 heavy (non-hydrogen) atoms. The summed E-state index contributed by atoms with van der Waals surface area (Å²) in [5, 5.41) is -0.127. The average molecular weight is 241 g/mol. The van der Waals surface area contributed by atoms with Crippen LogP contribution < -0.4 is 16.0 Å². The van der Waals surface area contributed by atoms with Gasteiger partial charge in [-0.3, -0.25) is 5.43 Å². The van der Waals surface area contributed by atoms with Crippen LogP contribution in [0.15, 0.2) is 0 Å². The molecular formula is C6H15N3O3S2. The van der Waals surface area contributed by atoms with Crippen molar-refractivity contribution in [1.29, 1.82) is 0 Å². The summed E-state index contributed by atoms with van der Waals surface area (Å²) >= 11 is 4.43. The van der Waals surface area contributed by atoms with Crippen molar-refractivity contribution >= 4 is 27.4 Å². The lowest BCUT2D eigenvalue weighted by Crippen LogP contribution is -2.45. The number of sulfonamides is 1. The van der Waals surface area contributed by atoms with Gasteiger partial charge in [0.15, 0.2) is 5.11 Å². The van der Waals surface area contributed by atoms with Crippen LogP contribution in [0, 0.1) is 0 Å². The first-order valence-electron chi connectivity index (χ1n) is 4.00. The fraction of sp³-hybridized carbons (Fsp3) is 0.833. The van der Waals surface area contributed by atoms with Gasteiger partial charge in [0, 0.05) is 0 Å². The first kappa shape index (κ1) is 13.6. The monoisotopic (exact) mass is 241 g/mol. The quantitative estimate of drug-likeness (QED) is 0.411. The van der Waals surface area contributed by atoms with Gasteiger partial charge in [0.25, 0.3) is 0 Å². The molecule has 0 amide bonds. The summed E-state index contributed by atoms with van der Waals surface area (Å²) in [5.41, 5.74) is 7.18. The lowest BCUT2D eigenvalue weighted by atomic mass is 10.5. The molecule has 0 fully saturated rings. The van der Waals surface area contributed by atoms with E-state index in [1.807, 2.05) is 18.7 Å². The van der Waals surface area contributed by atoms with Crippen molar-refractivity contribution in [2.24, 2.45) is 5.73 Å². The Bertz CT molecular complexity index is 276. The lowest BCUT2D eigenvalue weighted by Gasteiger charge is -2.09. The number of rotatable bonds is 6. The van der Waals surface area contributed by atoms with Crippen molar-refractivity contribution in [3.05, 3.63) is 0 Å². The second-order valence-corrected chi connectivity index (χ2v) is 5.11. The van der Waals surface area contributed by atoms with E-state index in [2.05, 4.69) is 17.6 Å². The molecule has 0 atom stereocenters. The second kappa shape index (κ2) is 6.12. The Morgan fingerprint density at radius 2 is 2.14 bits per heavy atom. The Balaban J connectivity index is 3.79. The lowest BCUT2D eigenvalue weighted by molar-refractivity contribution is 0.0911. The minimum Gasteiger partial charge on any atom is -0.378 e. The van der Waals surface area contributed by atoms with Crippen LogP contribution in [0.5, 0.6) is 0 Å². The van der Waals surface area contributed by atoms with Gasteiger partial charge < -0.3 is 10.5 Å². The molecule has 0 heterocycles. The van der Waals surface area contributed by atoms with E-state index in [9.17, 15) is 8.42 Å². The molecule has 0 rings (SSSR count). The highest BCUT2D eigenvalue weighted by atomic mass is 32.2. The van der Waals surface area contributed by atoms with E-state index < -0.39 is 10.0 Å². The number of ether oxygens (including phenoxy) is 1. The molecule has 6 nitrogen and oxygen atoms in total. The predicted octanol–water partition coefficient (Wildman–Crippen LogP) is -0.921. The summed E-state index contributed by atoms with van der Waals surface area (Å²) in [6.07, 6.45) is 0.00810. The highest BCUT2D eigenvalue weighted by Gasteiger charge is 2.09. The maximum Gasteiger partial charge on any atom is 0.230 e. The first-order valence-corrected chi connectivity index (χ1v) is 6.06. The maximum atomic E-state index is 11.1. The van der Waals surface area contributed by atoms with Crippen molar-refractivity contribution in [2.75, 3.05) is 12.4 Å². The van der Waals surface area contributed by atoms with Crippen molar-refractivity contribution < 1.29 is 13.2 Å². The molecule has 8 heteroatoms. The fourth-order valence-electron chi connectivity index (χ4n) is 0.573. The minimum atomic E-state index is -3.43. The number of nitrogens with one attached hydrogen (secondary N) is 2. The highest BCUT2D eigenvalue weighted by Crippen LogP contribution is 1.89. The van der Waals surface area contributed by atoms with Crippen LogP contribution in [0.4, 0.5) is 0 Å². The van der Waals surface area contributed by atoms with Crippen molar-refractivity contribution in [1.82, 2.24) is 10.3 Å². The number of nitrogens with two attached hydrogens (primary N) is 1. The van der Waals surface area contributed by atoms with E-state index >= 15 is 0 Å². The molecular weight excluding hydrogens is 226 g/mol. The van der Waals surface area contributed by atoms with Gasteiger partial charge in [-0.05, 0) is 26.1 Å². The van der Waals surface area contributed by atoms with E-state index in [0.717, 1.165) is 0 Å². The molecule has 4 N–H and O–H groups in total. The van der Waals surface area contributed by atoms with E-state index in [1.54, 1.807) is 0 Å². The third kappa shape index (κ3) is 8.17. The van der Waals surface area contributed by atoms with E-state index in [1.165, 1.54) is 0 Å². The summed E-state index contributed by atoms with van der Waals surface area (Å²) in [6.45, 7) is 3.78. The molecule has 0 bridgehead atoms. The molecule has 0 aliphatic heterocycles. The molecule has 0 saturated heterocycles. The first-order chi connectivity index (χ1) is 6.33. The molecule has 0 aliphatic rings. The molecule has 0 aromatic heterocycles. The summed E-state index contributed by atoms with van der Waals surface area (Å²) in [7, 11) is -3.43. The van der Waals surface area contributed by atoms with Crippen LogP contribution in [0.1, 0.15) is 13.8 Å². The minimum absolute atomic E-state index is 0.00810. The second-order valence-electron chi connectivity index (χ2n) is 2.83. The molecule has 84 valence electrons. The molecule has 0 aliphatic carbocycles. The standard InChI is InChI=1S/C6H15N3O3S2/c1-5(2)12-3-4-14(10,11)9-8-6(7)13/h5,9H,3-4H2,1-2H3,(H3,7,8,13). The number of hydrogen-bond donors (Lipinski definition) is 3. The van der Waals surface area contributed by atoms with Gasteiger partial charge in [-0.15, -0.1) is 4.83 Å². The smallest absolute Gasteiger partial charge is 0.230 e. The number of hydrazine groups is 1. The van der Waals surface area contributed by atoms with Gasteiger partial charge in [0.05, 0.1) is 18.5 Å². The van der Waals surface area contributed by atoms with E-state index in [-0.39, 0.29) is 23.6 Å². The number of thiocarbonyl (C=S) groups is 1. The molecule has 0 aromatic rings. The topological polar surface area (TPSA) is 93.5 Å². The van der Waals surface area contributed by atoms with Crippen LogP contribution in [0.2, 0.25) is 0 Å². The van der Waals surface area contributed by atoms with Crippen LogP contribution in [0.3, 0.4) is 0 Å². The molecule has 0 unspecified atom stereocenters. The normalized spacial score (nSPS) is 11.6. The SMILES string of the molecule is CC(C)OCCS(=O)(=O)NNC(N)=S. The van der Waals surface area contributed by atoms with Gasteiger partial charge in [-0.2, -0.15) is 0 Å². The van der Waals surface area contributed by atoms with Crippen LogP contribution in [0.25, 0.3) is 0 Å². The summed E-state index contributed by atoms with van der Waals surface area (Å²) in [4.78, 5) is 2.01.